The molecule has 0 spiro atoms. The summed E-state index contributed by atoms with van der Waals surface area (Å²) in [4.78, 5) is 13.5. The molecule has 0 aliphatic carbocycles. The van der Waals surface area contributed by atoms with E-state index in [9.17, 15) is 13.2 Å². The largest absolute Gasteiger partial charge is 0.433 e. The van der Waals surface area contributed by atoms with E-state index in [-0.39, 0.29) is 11.9 Å². The van der Waals surface area contributed by atoms with Crippen molar-refractivity contribution in [2.24, 2.45) is 0 Å². The van der Waals surface area contributed by atoms with Crippen LogP contribution in [0.15, 0.2) is 16.8 Å². The van der Waals surface area contributed by atoms with Crippen molar-refractivity contribution in [1.29, 1.82) is 0 Å². The van der Waals surface area contributed by atoms with Gasteiger partial charge in [-0.2, -0.15) is 18.2 Å². The number of hydrogen-bond acceptors (Lipinski definition) is 6. The van der Waals surface area contributed by atoms with Crippen LogP contribution in [-0.2, 0) is 6.18 Å². The molecule has 0 bridgehead atoms. The number of aryl methyl sites for hydroxylation is 1. The van der Waals surface area contributed by atoms with Gasteiger partial charge in [0, 0.05) is 32.1 Å². The van der Waals surface area contributed by atoms with Gasteiger partial charge in [-0.25, -0.2) is 9.97 Å². The number of piperidine rings is 1. The SMILES string of the molecule is Cc1nc([C@@H]2CCCN(c3nccc(C(F)(F)F)n3)C2)no1. The molecular weight excluding hydrogens is 299 g/mol. The minimum absolute atomic E-state index is 0.00402. The monoisotopic (exact) mass is 313 g/mol. The second-order valence-corrected chi connectivity index (χ2v) is 5.20. The highest BCUT2D eigenvalue weighted by Gasteiger charge is 2.34. The third-order valence-corrected chi connectivity index (χ3v) is 3.55. The lowest BCUT2D eigenvalue weighted by atomic mass is 9.98. The number of nitrogens with zero attached hydrogens (tertiary/aromatic N) is 5. The van der Waals surface area contributed by atoms with Gasteiger partial charge in [0.05, 0.1) is 0 Å². The molecule has 0 saturated carbocycles. The summed E-state index contributed by atoms with van der Waals surface area (Å²) in [5, 5.41) is 3.89. The Kier molecular flexibility index (Phi) is 3.71. The Balaban J connectivity index is 1.80. The van der Waals surface area contributed by atoms with E-state index in [1.165, 1.54) is 0 Å². The molecule has 1 saturated heterocycles. The van der Waals surface area contributed by atoms with Gasteiger partial charge >= 0.3 is 6.18 Å². The number of alkyl halides is 3. The van der Waals surface area contributed by atoms with Gasteiger partial charge in [-0.05, 0) is 18.9 Å². The van der Waals surface area contributed by atoms with E-state index in [0.29, 0.717) is 24.8 Å². The minimum Gasteiger partial charge on any atom is -0.340 e. The Morgan fingerprint density at radius 1 is 1.32 bits per heavy atom. The van der Waals surface area contributed by atoms with Crippen molar-refractivity contribution < 1.29 is 17.7 Å². The van der Waals surface area contributed by atoms with E-state index < -0.39 is 11.9 Å². The first kappa shape index (κ1) is 14.7. The maximum atomic E-state index is 12.7. The van der Waals surface area contributed by atoms with Crippen LogP contribution in [0.5, 0.6) is 0 Å². The Hall–Kier alpha value is -2.19. The van der Waals surface area contributed by atoms with Crippen LogP contribution in [0.3, 0.4) is 0 Å². The van der Waals surface area contributed by atoms with Crippen molar-refractivity contribution >= 4 is 5.95 Å². The van der Waals surface area contributed by atoms with Gasteiger partial charge < -0.3 is 9.42 Å². The van der Waals surface area contributed by atoms with Crippen molar-refractivity contribution in [2.75, 3.05) is 18.0 Å². The van der Waals surface area contributed by atoms with Gasteiger partial charge in [0.1, 0.15) is 5.69 Å². The molecule has 0 aromatic carbocycles. The maximum absolute atomic E-state index is 12.7. The highest BCUT2D eigenvalue weighted by molar-refractivity contribution is 5.32. The van der Waals surface area contributed by atoms with Crippen LogP contribution in [0.1, 0.15) is 36.2 Å². The van der Waals surface area contributed by atoms with Crippen LogP contribution < -0.4 is 4.90 Å². The molecule has 22 heavy (non-hydrogen) atoms. The first-order valence-electron chi connectivity index (χ1n) is 6.89. The Morgan fingerprint density at radius 2 is 2.14 bits per heavy atom. The van der Waals surface area contributed by atoms with Crippen molar-refractivity contribution in [2.45, 2.75) is 31.9 Å². The predicted molar refractivity (Wildman–Crippen MR) is 70.3 cm³/mol. The van der Waals surface area contributed by atoms with Crippen LogP contribution in [0, 0.1) is 6.92 Å². The first-order chi connectivity index (χ1) is 10.4. The number of halogens is 3. The van der Waals surface area contributed by atoms with Crippen LogP contribution in [-0.4, -0.2) is 33.2 Å². The molecule has 1 aliphatic rings. The molecule has 6 nitrogen and oxygen atoms in total. The van der Waals surface area contributed by atoms with Gasteiger partial charge in [-0.1, -0.05) is 5.16 Å². The summed E-state index contributed by atoms with van der Waals surface area (Å²) in [6.07, 6.45) is -1.68. The Morgan fingerprint density at radius 3 is 2.82 bits per heavy atom. The summed E-state index contributed by atoms with van der Waals surface area (Å²) in [5.74, 6) is 1.14. The lowest BCUT2D eigenvalue weighted by Crippen LogP contribution is -2.36. The number of anilines is 1. The molecule has 9 heteroatoms. The molecule has 1 aliphatic heterocycles. The molecule has 0 amide bonds. The van der Waals surface area contributed by atoms with Crippen LogP contribution in [0.25, 0.3) is 0 Å². The lowest BCUT2D eigenvalue weighted by molar-refractivity contribution is -0.141. The van der Waals surface area contributed by atoms with Gasteiger partial charge in [0.2, 0.25) is 11.8 Å². The maximum Gasteiger partial charge on any atom is 0.433 e. The van der Waals surface area contributed by atoms with Crippen molar-refractivity contribution in [3.8, 4) is 0 Å². The van der Waals surface area contributed by atoms with E-state index in [1.807, 2.05) is 0 Å². The number of hydrogen-bond donors (Lipinski definition) is 0. The molecular formula is C13H14F3N5O. The van der Waals surface area contributed by atoms with E-state index >= 15 is 0 Å². The summed E-state index contributed by atoms with van der Waals surface area (Å²) in [7, 11) is 0. The average Bonchev–Trinajstić information content (AvgIpc) is 2.93. The summed E-state index contributed by atoms with van der Waals surface area (Å²) >= 11 is 0. The number of aromatic nitrogens is 4. The quantitative estimate of drug-likeness (QED) is 0.849. The predicted octanol–water partition coefficient (Wildman–Crippen LogP) is 2.57. The second-order valence-electron chi connectivity index (χ2n) is 5.20. The number of rotatable bonds is 2. The third-order valence-electron chi connectivity index (χ3n) is 3.55. The standard InChI is InChI=1S/C13H14F3N5O/c1-8-18-11(20-22-8)9-3-2-6-21(7-9)12-17-5-4-10(19-12)13(14,15)16/h4-5,9H,2-3,6-7H2,1H3/t9-/m1/s1. The molecule has 2 aromatic heterocycles. The Bertz CT molecular complexity index is 657. The van der Waals surface area contributed by atoms with Gasteiger partial charge in [-0.15, -0.1) is 0 Å². The molecule has 3 rings (SSSR count). The molecule has 118 valence electrons. The molecule has 3 heterocycles. The topological polar surface area (TPSA) is 67.9 Å². The summed E-state index contributed by atoms with van der Waals surface area (Å²) in [6, 6.07) is 0.869. The van der Waals surface area contributed by atoms with Crippen molar-refractivity contribution in [1.82, 2.24) is 20.1 Å². The smallest absolute Gasteiger partial charge is 0.340 e. The molecule has 1 fully saturated rings. The van der Waals surface area contributed by atoms with Crippen LogP contribution in [0.2, 0.25) is 0 Å². The molecule has 0 N–H and O–H groups in total. The summed E-state index contributed by atoms with van der Waals surface area (Å²) < 4.78 is 43.2. The second kappa shape index (κ2) is 5.54. The van der Waals surface area contributed by atoms with E-state index in [4.69, 9.17) is 4.52 Å². The van der Waals surface area contributed by atoms with Gasteiger partial charge in [0.15, 0.2) is 5.82 Å². The van der Waals surface area contributed by atoms with E-state index in [0.717, 1.165) is 25.1 Å². The first-order valence-corrected chi connectivity index (χ1v) is 6.89. The molecule has 2 aromatic rings. The summed E-state index contributed by atoms with van der Waals surface area (Å²) in [5.41, 5.74) is -0.935. The highest BCUT2D eigenvalue weighted by atomic mass is 19.4. The molecule has 0 unspecified atom stereocenters. The Labute approximate surface area is 124 Å². The zero-order chi connectivity index (χ0) is 15.7. The molecule has 1 atom stereocenters. The molecule has 0 radical (unpaired) electrons. The average molecular weight is 313 g/mol. The fourth-order valence-electron chi connectivity index (χ4n) is 2.51. The minimum atomic E-state index is -4.47. The van der Waals surface area contributed by atoms with E-state index in [2.05, 4.69) is 20.1 Å². The zero-order valence-electron chi connectivity index (χ0n) is 11.8. The fourth-order valence-corrected chi connectivity index (χ4v) is 2.51. The van der Waals surface area contributed by atoms with Crippen LogP contribution in [0.4, 0.5) is 19.1 Å². The van der Waals surface area contributed by atoms with Crippen molar-refractivity contribution in [3.63, 3.8) is 0 Å². The van der Waals surface area contributed by atoms with Gasteiger partial charge in [-0.3, -0.25) is 0 Å². The van der Waals surface area contributed by atoms with Crippen molar-refractivity contribution in [3.05, 3.63) is 29.7 Å². The van der Waals surface area contributed by atoms with Gasteiger partial charge in [0.25, 0.3) is 0 Å². The summed E-state index contributed by atoms with van der Waals surface area (Å²) in [6.45, 7) is 2.78. The van der Waals surface area contributed by atoms with E-state index in [1.54, 1.807) is 11.8 Å². The zero-order valence-corrected chi connectivity index (χ0v) is 11.8. The van der Waals surface area contributed by atoms with Crippen LogP contribution >= 0.6 is 0 Å². The highest BCUT2D eigenvalue weighted by Crippen LogP contribution is 2.30. The third kappa shape index (κ3) is 3.02. The lowest BCUT2D eigenvalue weighted by Gasteiger charge is -2.31. The normalized spacial score (nSPS) is 19.5. The fraction of sp³-hybridized carbons (Fsp3) is 0.538.